The molecule has 33 heavy (non-hydrogen) atoms. The molecule has 182 valence electrons. The van der Waals surface area contributed by atoms with Crippen LogP contribution >= 0.6 is 34.4 Å². The van der Waals surface area contributed by atoms with Gasteiger partial charge in [0, 0.05) is 14.0 Å². The fourth-order valence-corrected chi connectivity index (χ4v) is 4.14. The predicted molar refractivity (Wildman–Crippen MR) is 105 cm³/mol. The van der Waals surface area contributed by atoms with Crippen LogP contribution in [0.3, 0.4) is 0 Å². The standard InChI is InChI=1S/C17H8F11IN2OS/c18-11-7(2-1-3-9(11)30)13(32)31-12-8(29)4-6(5-10(12)33-17(26,27)28)14(19,15(20,21)22)16(23,24)25/h1-5H,30H2,(H,31,32). The van der Waals surface area contributed by atoms with Crippen LogP contribution in [-0.2, 0) is 5.67 Å². The second-order valence-electron chi connectivity index (χ2n) is 6.20. The lowest BCUT2D eigenvalue weighted by molar-refractivity contribution is -0.348. The molecule has 0 aliphatic heterocycles. The van der Waals surface area contributed by atoms with Crippen molar-refractivity contribution in [2.24, 2.45) is 0 Å². The average molecular weight is 624 g/mol. The Labute approximate surface area is 195 Å². The van der Waals surface area contributed by atoms with E-state index >= 15 is 0 Å². The van der Waals surface area contributed by atoms with Gasteiger partial charge in [0.05, 0.1) is 16.9 Å². The monoisotopic (exact) mass is 624 g/mol. The molecule has 0 saturated heterocycles. The highest BCUT2D eigenvalue weighted by Gasteiger charge is 2.73. The van der Waals surface area contributed by atoms with E-state index in [0.29, 0.717) is 0 Å². The average Bonchev–Trinajstić information content (AvgIpc) is 2.62. The number of rotatable bonds is 4. The molecule has 2 rings (SSSR count). The number of hydrogen-bond acceptors (Lipinski definition) is 3. The molecule has 0 atom stereocenters. The maximum absolute atomic E-state index is 14.4. The molecular weight excluding hydrogens is 616 g/mol. The molecule has 0 fully saturated rings. The molecule has 2 aromatic carbocycles. The molecule has 16 heteroatoms. The third-order valence-corrected chi connectivity index (χ3v) is 5.59. The summed E-state index contributed by atoms with van der Waals surface area (Å²) < 4.78 is 145. The van der Waals surface area contributed by atoms with Gasteiger partial charge in [0.15, 0.2) is 5.82 Å². The van der Waals surface area contributed by atoms with Crippen molar-refractivity contribution in [2.75, 3.05) is 11.1 Å². The number of carbonyl (C=O) groups is 1. The first-order valence-corrected chi connectivity index (χ1v) is 9.96. The Balaban J connectivity index is 2.70. The minimum absolute atomic E-state index is 0.0205. The molecule has 0 bridgehead atoms. The van der Waals surface area contributed by atoms with Crippen LogP contribution in [0.4, 0.5) is 59.7 Å². The molecule has 1 amide bonds. The summed E-state index contributed by atoms with van der Waals surface area (Å²) in [5.41, 5.74) is -10.4. The van der Waals surface area contributed by atoms with Crippen LogP contribution in [0.2, 0.25) is 0 Å². The van der Waals surface area contributed by atoms with Crippen LogP contribution in [0, 0.1) is 9.39 Å². The molecular formula is C17H8F11IN2OS. The van der Waals surface area contributed by atoms with Crippen molar-refractivity contribution in [3.8, 4) is 0 Å². The van der Waals surface area contributed by atoms with Gasteiger partial charge in [-0.25, -0.2) is 8.78 Å². The van der Waals surface area contributed by atoms with E-state index < -0.39 is 78.0 Å². The van der Waals surface area contributed by atoms with Gasteiger partial charge in [0.2, 0.25) is 0 Å². The van der Waals surface area contributed by atoms with Gasteiger partial charge < -0.3 is 11.1 Å². The van der Waals surface area contributed by atoms with E-state index in [1.807, 2.05) is 0 Å². The van der Waals surface area contributed by atoms with Crippen molar-refractivity contribution in [3.05, 3.63) is 50.8 Å². The highest BCUT2D eigenvalue weighted by atomic mass is 127. The molecule has 0 unspecified atom stereocenters. The second kappa shape index (κ2) is 8.99. The Bertz CT molecular complexity index is 1050. The maximum Gasteiger partial charge on any atom is 0.446 e. The Morgan fingerprint density at radius 2 is 1.48 bits per heavy atom. The summed E-state index contributed by atoms with van der Waals surface area (Å²) in [6.07, 6.45) is -13.2. The molecule has 0 aliphatic carbocycles. The van der Waals surface area contributed by atoms with E-state index in [9.17, 15) is 53.1 Å². The normalized spacial score (nSPS) is 13.2. The van der Waals surface area contributed by atoms with Crippen LogP contribution < -0.4 is 11.1 Å². The van der Waals surface area contributed by atoms with Crippen molar-refractivity contribution in [1.82, 2.24) is 0 Å². The van der Waals surface area contributed by atoms with Gasteiger partial charge in [0.1, 0.15) is 0 Å². The summed E-state index contributed by atoms with van der Waals surface area (Å²) in [5.74, 6) is -2.68. The van der Waals surface area contributed by atoms with Crippen LogP contribution in [0.1, 0.15) is 15.9 Å². The van der Waals surface area contributed by atoms with Gasteiger partial charge in [-0.2, -0.15) is 39.5 Å². The lowest BCUT2D eigenvalue weighted by atomic mass is 9.94. The highest BCUT2D eigenvalue weighted by Crippen LogP contribution is 2.55. The largest absolute Gasteiger partial charge is 0.446 e. The summed E-state index contributed by atoms with van der Waals surface area (Å²) in [4.78, 5) is 10.9. The number of alkyl halides is 10. The fourth-order valence-electron chi connectivity index (χ4n) is 2.50. The smallest absolute Gasteiger partial charge is 0.396 e. The zero-order valence-corrected chi connectivity index (χ0v) is 18.3. The van der Waals surface area contributed by atoms with E-state index in [1.54, 1.807) is 5.32 Å². The van der Waals surface area contributed by atoms with Crippen molar-refractivity contribution >= 4 is 51.6 Å². The Morgan fingerprint density at radius 3 is 1.97 bits per heavy atom. The second-order valence-corrected chi connectivity index (χ2v) is 8.46. The van der Waals surface area contributed by atoms with Gasteiger partial charge >= 0.3 is 23.5 Å². The lowest BCUT2D eigenvalue weighted by Gasteiger charge is -2.31. The molecule has 0 saturated carbocycles. The molecule has 0 spiro atoms. The molecule has 0 radical (unpaired) electrons. The first-order valence-electron chi connectivity index (χ1n) is 8.07. The molecule has 0 heterocycles. The van der Waals surface area contributed by atoms with Gasteiger partial charge in [-0.05, 0) is 58.6 Å². The van der Waals surface area contributed by atoms with Crippen LogP contribution in [-0.4, -0.2) is 23.8 Å². The quantitative estimate of drug-likeness (QED) is 0.164. The van der Waals surface area contributed by atoms with Gasteiger partial charge in [0.25, 0.3) is 5.91 Å². The number of hydrogen-bond donors (Lipinski definition) is 2. The first-order chi connectivity index (χ1) is 14.8. The van der Waals surface area contributed by atoms with Crippen LogP contribution in [0.25, 0.3) is 0 Å². The molecule has 0 aliphatic rings. The summed E-state index contributed by atoms with van der Waals surface area (Å²) in [6.45, 7) is 0. The van der Waals surface area contributed by atoms with Gasteiger partial charge in [-0.15, -0.1) is 0 Å². The number of anilines is 2. The summed E-state index contributed by atoms with van der Waals surface area (Å²) in [7, 11) is 0. The highest BCUT2D eigenvalue weighted by molar-refractivity contribution is 14.1. The number of nitrogen functional groups attached to an aromatic ring is 1. The molecule has 0 aromatic heterocycles. The summed E-state index contributed by atoms with van der Waals surface area (Å²) in [5, 5.41) is 1.79. The Morgan fingerprint density at radius 1 is 0.939 bits per heavy atom. The number of carbonyl (C=O) groups excluding carboxylic acids is 1. The van der Waals surface area contributed by atoms with Crippen LogP contribution in [0.5, 0.6) is 0 Å². The Kier molecular flexibility index (Phi) is 7.43. The lowest BCUT2D eigenvalue weighted by Crippen LogP contribution is -2.50. The number of nitrogens with two attached hydrogens (primary N) is 1. The number of nitrogens with one attached hydrogen (secondary N) is 1. The minimum atomic E-state index is -6.58. The van der Waals surface area contributed by atoms with Crippen molar-refractivity contribution in [3.63, 3.8) is 0 Å². The Hall–Kier alpha value is -1.98. The van der Waals surface area contributed by atoms with E-state index in [1.165, 1.54) is 0 Å². The number of halogens is 12. The minimum Gasteiger partial charge on any atom is -0.396 e. The number of thioether (sulfide) groups is 1. The topological polar surface area (TPSA) is 55.1 Å². The first kappa shape index (κ1) is 27.3. The zero-order valence-electron chi connectivity index (χ0n) is 15.3. The zero-order chi connectivity index (χ0) is 25.6. The van der Waals surface area contributed by atoms with Gasteiger partial charge in [-0.1, -0.05) is 6.07 Å². The third kappa shape index (κ3) is 5.58. The van der Waals surface area contributed by atoms with E-state index in [4.69, 9.17) is 5.73 Å². The SMILES string of the molecule is Nc1cccc(C(=O)Nc2c(I)cc(C(F)(C(F)(F)F)C(F)(F)F)cc2SC(F)(F)F)c1F. The van der Waals surface area contributed by atoms with Crippen LogP contribution in [0.15, 0.2) is 35.2 Å². The predicted octanol–water partition coefficient (Wildman–Crippen LogP) is 7.17. The van der Waals surface area contributed by atoms with E-state index in [0.717, 1.165) is 40.8 Å². The maximum atomic E-state index is 14.4. The van der Waals surface area contributed by atoms with Crippen molar-refractivity contribution in [2.45, 2.75) is 28.4 Å². The summed E-state index contributed by atoms with van der Waals surface area (Å²) >= 11 is -0.189. The molecule has 2 aromatic rings. The van der Waals surface area contributed by atoms with E-state index in [2.05, 4.69) is 0 Å². The molecule has 3 N–H and O–H groups in total. The molecule has 3 nitrogen and oxygen atoms in total. The van der Waals surface area contributed by atoms with Crippen molar-refractivity contribution < 1.29 is 53.1 Å². The van der Waals surface area contributed by atoms with Crippen molar-refractivity contribution in [1.29, 1.82) is 0 Å². The number of benzene rings is 2. The third-order valence-electron chi connectivity index (χ3n) is 3.97. The fraction of sp³-hybridized carbons (Fsp3) is 0.235. The van der Waals surface area contributed by atoms with E-state index in [-0.39, 0.29) is 12.1 Å². The number of amides is 1. The van der Waals surface area contributed by atoms with Gasteiger partial charge in [-0.3, -0.25) is 4.79 Å². The summed E-state index contributed by atoms with van der Waals surface area (Å²) in [6, 6.07) is 2.68.